The van der Waals surface area contributed by atoms with Crippen molar-refractivity contribution in [2.45, 2.75) is 58.3 Å². The number of hydrogen-bond acceptors (Lipinski definition) is 3. The van der Waals surface area contributed by atoms with Crippen molar-refractivity contribution < 1.29 is 14.9 Å². The fourth-order valence-corrected chi connectivity index (χ4v) is 3.30. The van der Waals surface area contributed by atoms with Crippen LogP contribution in [0.5, 0.6) is 23.0 Å². The third-order valence-electron chi connectivity index (χ3n) is 4.71. The third-order valence-corrected chi connectivity index (χ3v) is 4.71. The Morgan fingerprint density at radius 3 is 2.46 bits per heavy atom. The predicted molar refractivity (Wildman–Crippen MR) is 96.2 cm³/mol. The summed E-state index contributed by atoms with van der Waals surface area (Å²) in [5.41, 5.74) is 3.18. The number of ether oxygens (including phenoxy) is 1. The summed E-state index contributed by atoms with van der Waals surface area (Å²) in [6.45, 7) is 2.23. The van der Waals surface area contributed by atoms with Gasteiger partial charge in [0.05, 0.1) is 0 Å². The maximum Gasteiger partial charge on any atom is 0.134 e. The minimum absolute atomic E-state index is 0.195. The topological polar surface area (TPSA) is 49.7 Å². The molecule has 0 spiro atoms. The number of hydrogen-bond donors (Lipinski definition) is 2. The van der Waals surface area contributed by atoms with Gasteiger partial charge in [-0.2, -0.15) is 0 Å². The lowest BCUT2D eigenvalue weighted by Crippen LogP contribution is -2.04. The number of aryl methyl sites for hydroxylation is 1. The van der Waals surface area contributed by atoms with E-state index in [4.69, 9.17) is 4.74 Å². The fraction of sp³-hybridized carbons (Fsp3) is 0.429. The number of phenolic OH excluding ortho intramolecular Hbond substituents is 2. The van der Waals surface area contributed by atoms with E-state index in [9.17, 15) is 10.2 Å². The molecule has 3 heteroatoms. The van der Waals surface area contributed by atoms with Crippen molar-refractivity contribution in [3.63, 3.8) is 0 Å². The molecule has 0 saturated heterocycles. The molecule has 0 aromatic heterocycles. The second-order valence-electron chi connectivity index (χ2n) is 6.68. The zero-order valence-corrected chi connectivity index (χ0v) is 14.3. The summed E-state index contributed by atoms with van der Waals surface area (Å²) in [6.07, 6.45) is 9.18. The third kappa shape index (κ3) is 3.84. The SMILES string of the molecule is CCCCCCCCc1cc2c(cc1O)Oc1cc(O)ccc1C2. The van der Waals surface area contributed by atoms with Gasteiger partial charge in [-0.1, -0.05) is 45.1 Å². The molecule has 3 rings (SSSR count). The van der Waals surface area contributed by atoms with Gasteiger partial charge in [-0.15, -0.1) is 0 Å². The first-order valence-electron chi connectivity index (χ1n) is 9.02. The smallest absolute Gasteiger partial charge is 0.134 e. The van der Waals surface area contributed by atoms with Gasteiger partial charge in [-0.25, -0.2) is 0 Å². The van der Waals surface area contributed by atoms with E-state index in [0.29, 0.717) is 17.2 Å². The second kappa shape index (κ2) is 7.61. The number of rotatable bonds is 7. The predicted octanol–water partition coefficient (Wildman–Crippen LogP) is 5.70. The van der Waals surface area contributed by atoms with E-state index in [0.717, 1.165) is 36.0 Å². The Labute approximate surface area is 143 Å². The largest absolute Gasteiger partial charge is 0.508 e. The van der Waals surface area contributed by atoms with Crippen LogP contribution in [0.15, 0.2) is 30.3 Å². The maximum atomic E-state index is 10.3. The van der Waals surface area contributed by atoms with Gasteiger partial charge in [0, 0.05) is 18.6 Å². The summed E-state index contributed by atoms with van der Waals surface area (Å²) < 4.78 is 5.84. The summed E-state index contributed by atoms with van der Waals surface area (Å²) in [7, 11) is 0. The lowest BCUT2D eigenvalue weighted by atomic mass is 9.96. The lowest BCUT2D eigenvalue weighted by molar-refractivity contribution is 0.430. The van der Waals surface area contributed by atoms with Gasteiger partial charge >= 0.3 is 0 Å². The van der Waals surface area contributed by atoms with E-state index in [2.05, 4.69) is 13.0 Å². The quantitative estimate of drug-likeness (QED) is 0.548. The van der Waals surface area contributed by atoms with E-state index >= 15 is 0 Å². The number of phenols is 2. The average molecular weight is 326 g/mol. The van der Waals surface area contributed by atoms with E-state index < -0.39 is 0 Å². The van der Waals surface area contributed by atoms with E-state index in [-0.39, 0.29) is 5.75 Å². The molecule has 0 aliphatic carbocycles. The highest BCUT2D eigenvalue weighted by atomic mass is 16.5. The van der Waals surface area contributed by atoms with Crippen LogP contribution in [0.4, 0.5) is 0 Å². The highest BCUT2D eigenvalue weighted by molar-refractivity contribution is 5.55. The Kier molecular flexibility index (Phi) is 5.29. The monoisotopic (exact) mass is 326 g/mol. The highest BCUT2D eigenvalue weighted by Gasteiger charge is 2.19. The molecule has 0 radical (unpaired) electrons. The van der Waals surface area contributed by atoms with Gasteiger partial charge in [0.15, 0.2) is 0 Å². The van der Waals surface area contributed by atoms with Crippen LogP contribution < -0.4 is 4.74 Å². The van der Waals surface area contributed by atoms with Crippen molar-refractivity contribution in [1.82, 2.24) is 0 Å². The summed E-state index contributed by atoms with van der Waals surface area (Å²) in [5, 5.41) is 19.9. The van der Waals surface area contributed by atoms with E-state index in [1.807, 2.05) is 6.07 Å². The maximum absolute atomic E-state index is 10.3. The number of benzene rings is 2. The molecule has 2 aromatic carbocycles. The molecule has 0 fully saturated rings. The van der Waals surface area contributed by atoms with Crippen LogP contribution in [-0.2, 0) is 12.8 Å². The first-order valence-corrected chi connectivity index (χ1v) is 9.02. The molecule has 0 unspecified atom stereocenters. The Hall–Kier alpha value is -2.16. The summed E-state index contributed by atoms with van der Waals surface area (Å²) in [5.74, 6) is 1.87. The number of aromatic hydroxyl groups is 2. The molecular formula is C21H26O3. The van der Waals surface area contributed by atoms with Crippen molar-refractivity contribution in [3.05, 3.63) is 47.0 Å². The molecule has 0 atom stereocenters. The van der Waals surface area contributed by atoms with E-state index in [1.165, 1.54) is 32.1 Å². The van der Waals surface area contributed by atoms with Gasteiger partial charge in [-0.3, -0.25) is 0 Å². The molecular weight excluding hydrogens is 300 g/mol. The van der Waals surface area contributed by atoms with Gasteiger partial charge in [0.1, 0.15) is 23.0 Å². The molecule has 24 heavy (non-hydrogen) atoms. The normalized spacial score (nSPS) is 12.4. The first-order chi connectivity index (χ1) is 11.7. The molecule has 3 nitrogen and oxygen atoms in total. The van der Waals surface area contributed by atoms with Gasteiger partial charge in [-0.05, 0) is 41.7 Å². The van der Waals surface area contributed by atoms with Crippen molar-refractivity contribution in [1.29, 1.82) is 0 Å². The van der Waals surface area contributed by atoms with Gasteiger partial charge in [0.25, 0.3) is 0 Å². The van der Waals surface area contributed by atoms with Crippen molar-refractivity contribution in [2.75, 3.05) is 0 Å². The minimum atomic E-state index is 0.195. The lowest BCUT2D eigenvalue weighted by Gasteiger charge is -2.21. The minimum Gasteiger partial charge on any atom is -0.508 e. The molecule has 0 bridgehead atoms. The van der Waals surface area contributed by atoms with Crippen molar-refractivity contribution in [2.24, 2.45) is 0 Å². The van der Waals surface area contributed by atoms with Gasteiger partial charge in [0.2, 0.25) is 0 Å². The Morgan fingerprint density at radius 2 is 1.62 bits per heavy atom. The summed E-state index contributed by atoms with van der Waals surface area (Å²) >= 11 is 0. The zero-order valence-electron chi connectivity index (χ0n) is 14.3. The van der Waals surface area contributed by atoms with Crippen LogP contribution in [0.25, 0.3) is 0 Å². The van der Waals surface area contributed by atoms with Crippen LogP contribution >= 0.6 is 0 Å². The van der Waals surface area contributed by atoms with E-state index in [1.54, 1.807) is 18.2 Å². The molecule has 1 aliphatic rings. The molecule has 1 heterocycles. The molecule has 0 saturated carbocycles. The van der Waals surface area contributed by atoms with Crippen LogP contribution in [-0.4, -0.2) is 10.2 Å². The fourth-order valence-electron chi connectivity index (χ4n) is 3.30. The first kappa shape index (κ1) is 16.7. The number of fused-ring (bicyclic) bond motifs is 2. The second-order valence-corrected chi connectivity index (χ2v) is 6.68. The average Bonchev–Trinajstić information content (AvgIpc) is 2.56. The zero-order chi connectivity index (χ0) is 16.9. The Morgan fingerprint density at radius 1 is 0.875 bits per heavy atom. The number of unbranched alkanes of at least 4 members (excludes halogenated alkanes) is 5. The molecule has 2 N–H and O–H groups in total. The summed E-state index contributed by atoms with van der Waals surface area (Å²) in [4.78, 5) is 0. The Bertz CT molecular complexity index is 706. The summed E-state index contributed by atoms with van der Waals surface area (Å²) in [6, 6.07) is 9.00. The highest BCUT2D eigenvalue weighted by Crippen LogP contribution is 2.41. The van der Waals surface area contributed by atoms with Gasteiger partial charge < -0.3 is 14.9 Å². The molecule has 0 amide bonds. The Balaban J connectivity index is 1.65. The van der Waals surface area contributed by atoms with Crippen molar-refractivity contribution in [3.8, 4) is 23.0 Å². The van der Waals surface area contributed by atoms with Crippen LogP contribution in [0.1, 0.15) is 62.1 Å². The molecule has 128 valence electrons. The molecule has 1 aliphatic heterocycles. The van der Waals surface area contributed by atoms with Crippen LogP contribution in [0.2, 0.25) is 0 Å². The molecule has 2 aromatic rings. The van der Waals surface area contributed by atoms with Crippen LogP contribution in [0, 0.1) is 0 Å². The standard InChI is InChI=1S/C21H26O3/c1-2-3-4-5-6-7-8-15-11-17-12-16-9-10-18(22)13-20(16)24-21(17)14-19(15)23/h9-11,13-14,22-23H,2-8,12H2,1H3. The van der Waals surface area contributed by atoms with Crippen molar-refractivity contribution >= 4 is 0 Å². The van der Waals surface area contributed by atoms with Crippen LogP contribution in [0.3, 0.4) is 0 Å².